The Bertz CT molecular complexity index is 1180. The van der Waals surface area contributed by atoms with Crippen molar-refractivity contribution in [3.63, 3.8) is 0 Å². The van der Waals surface area contributed by atoms with E-state index in [4.69, 9.17) is 4.52 Å². The molecule has 0 saturated carbocycles. The van der Waals surface area contributed by atoms with Crippen LogP contribution in [0.2, 0.25) is 0 Å². The summed E-state index contributed by atoms with van der Waals surface area (Å²) in [5, 5.41) is 7.28. The lowest BCUT2D eigenvalue weighted by atomic mass is 10.00. The van der Waals surface area contributed by atoms with Gasteiger partial charge in [0, 0.05) is 17.1 Å². The van der Waals surface area contributed by atoms with Crippen LogP contribution in [0.4, 0.5) is 14.6 Å². The SMILES string of the molecule is CC.Cc1cc2c(C)noc2cc1-c1ccc(NC(=O)c2c(F)cncc2F)nc1. The molecule has 4 rings (SSSR count). The van der Waals surface area contributed by atoms with E-state index in [9.17, 15) is 13.6 Å². The van der Waals surface area contributed by atoms with E-state index in [1.807, 2.05) is 39.8 Å². The topological polar surface area (TPSA) is 80.9 Å². The second-order valence-corrected chi connectivity index (χ2v) is 6.30. The maximum absolute atomic E-state index is 13.7. The summed E-state index contributed by atoms with van der Waals surface area (Å²) >= 11 is 0. The number of aromatic nitrogens is 3. The number of nitrogens with one attached hydrogen (secondary N) is 1. The number of anilines is 1. The fourth-order valence-corrected chi connectivity index (χ4v) is 2.96. The van der Waals surface area contributed by atoms with Gasteiger partial charge in [-0.2, -0.15) is 0 Å². The van der Waals surface area contributed by atoms with Gasteiger partial charge in [-0.15, -0.1) is 0 Å². The fourth-order valence-electron chi connectivity index (χ4n) is 2.96. The van der Waals surface area contributed by atoms with Gasteiger partial charge in [-0.1, -0.05) is 19.0 Å². The summed E-state index contributed by atoms with van der Waals surface area (Å²) in [6.45, 7) is 7.84. The largest absolute Gasteiger partial charge is 0.356 e. The minimum Gasteiger partial charge on any atom is -0.356 e. The van der Waals surface area contributed by atoms with Crippen molar-refractivity contribution in [3.05, 3.63) is 71.3 Å². The van der Waals surface area contributed by atoms with Crippen molar-refractivity contribution in [2.75, 3.05) is 5.32 Å². The molecule has 0 atom stereocenters. The van der Waals surface area contributed by atoms with E-state index in [1.165, 1.54) is 0 Å². The molecular weight excluding hydrogens is 390 g/mol. The molecule has 4 aromatic rings. The van der Waals surface area contributed by atoms with Crippen LogP contribution in [-0.2, 0) is 0 Å². The molecule has 1 amide bonds. The number of amides is 1. The molecular formula is C22H20F2N4O2. The molecule has 0 spiro atoms. The third-order valence-electron chi connectivity index (χ3n) is 4.39. The highest BCUT2D eigenvalue weighted by molar-refractivity contribution is 6.04. The van der Waals surface area contributed by atoms with E-state index in [2.05, 4.69) is 20.4 Å². The highest BCUT2D eigenvalue weighted by Gasteiger charge is 2.18. The molecule has 154 valence electrons. The first-order valence-corrected chi connectivity index (χ1v) is 9.37. The molecule has 30 heavy (non-hydrogen) atoms. The number of fused-ring (bicyclic) bond motifs is 1. The standard InChI is InChI=1S/C20H14F2N4O2.C2H6/c1-10-5-14-11(2)26-28-17(14)6-13(10)12-3-4-18(24-7-12)25-20(27)19-15(21)8-23-9-16(19)22;1-2/h3-9H,1-2H3,(H,24,25,27);1-2H3. The second-order valence-electron chi connectivity index (χ2n) is 6.30. The first-order chi connectivity index (χ1) is 14.4. The number of aryl methyl sites for hydroxylation is 2. The number of hydrogen-bond donors (Lipinski definition) is 1. The summed E-state index contributed by atoms with van der Waals surface area (Å²) in [7, 11) is 0. The number of benzene rings is 1. The van der Waals surface area contributed by atoms with Gasteiger partial charge in [-0.05, 0) is 49.2 Å². The first kappa shape index (κ1) is 21.0. The number of hydrogen-bond acceptors (Lipinski definition) is 5. The molecule has 0 aliphatic carbocycles. The summed E-state index contributed by atoms with van der Waals surface area (Å²) in [4.78, 5) is 19.7. The van der Waals surface area contributed by atoms with Gasteiger partial charge in [0.15, 0.2) is 17.2 Å². The minimum atomic E-state index is -1.04. The summed E-state index contributed by atoms with van der Waals surface area (Å²) in [6, 6.07) is 7.17. The van der Waals surface area contributed by atoms with Crippen LogP contribution in [0, 0.1) is 25.5 Å². The molecule has 0 bridgehead atoms. The van der Waals surface area contributed by atoms with E-state index in [0.29, 0.717) is 5.58 Å². The van der Waals surface area contributed by atoms with Gasteiger partial charge in [0.2, 0.25) is 0 Å². The molecule has 1 N–H and O–H groups in total. The molecule has 3 aromatic heterocycles. The van der Waals surface area contributed by atoms with Gasteiger partial charge in [-0.25, -0.2) is 13.8 Å². The molecule has 6 nitrogen and oxygen atoms in total. The lowest BCUT2D eigenvalue weighted by Gasteiger charge is -2.09. The average Bonchev–Trinajstić information content (AvgIpc) is 3.09. The second kappa shape index (κ2) is 8.77. The van der Waals surface area contributed by atoms with Crippen LogP contribution in [0.15, 0.2) is 47.4 Å². The smallest absolute Gasteiger partial charge is 0.262 e. The van der Waals surface area contributed by atoms with Crippen LogP contribution in [-0.4, -0.2) is 21.0 Å². The summed E-state index contributed by atoms with van der Waals surface area (Å²) < 4.78 is 32.6. The monoisotopic (exact) mass is 410 g/mol. The molecule has 1 aromatic carbocycles. The number of carbonyl (C=O) groups is 1. The molecule has 0 aliphatic heterocycles. The van der Waals surface area contributed by atoms with Gasteiger partial charge < -0.3 is 9.84 Å². The number of carbonyl (C=O) groups excluding carboxylic acids is 1. The van der Waals surface area contributed by atoms with Crippen molar-refractivity contribution in [2.45, 2.75) is 27.7 Å². The third-order valence-corrected chi connectivity index (χ3v) is 4.39. The average molecular weight is 410 g/mol. The van der Waals surface area contributed by atoms with Crippen molar-refractivity contribution >= 4 is 22.7 Å². The Kier molecular flexibility index (Phi) is 6.15. The summed E-state index contributed by atoms with van der Waals surface area (Å²) in [5.74, 6) is -2.85. The molecule has 3 heterocycles. The Labute approximate surface area is 172 Å². The van der Waals surface area contributed by atoms with E-state index in [1.54, 1.807) is 18.3 Å². The van der Waals surface area contributed by atoms with Crippen molar-refractivity contribution in [2.24, 2.45) is 0 Å². The van der Waals surface area contributed by atoms with Crippen molar-refractivity contribution in [1.82, 2.24) is 15.1 Å². The Morgan fingerprint density at radius 3 is 2.37 bits per heavy atom. The van der Waals surface area contributed by atoms with E-state index >= 15 is 0 Å². The highest BCUT2D eigenvalue weighted by Crippen LogP contribution is 2.30. The Morgan fingerprint density at radius 1 is 1.03 bits per heavy atom. The number of rotatable bonds is 3. The molecule has 0 radical (unpaired) electrons. The number of halogens is 2. The van der Waals surface area contributed by atoms with Crippen LogP contribution >= 0.6 is 0 Å². The zero-order chi connectivity index (χ0) is 21.8. The number of pyridine rings is 2. The lowest BCUT2D eigenvalue weighted by molar-refractivity contribution is 0.101. The van der Waals surface area contributed by atoms with Crippen LogP contribution in [0.25, 0.3) is 22.1 Å². The van der Waals surface area contributed by atoms with Crippen molar-refractivity contribution in [3.8, 4) is 11.1 Å². The first-order valence-electron chi connectivity index (χ1n) is 9.37. The minimum absolute atomic E-state index is 0.165. The van der Waals surface area contributed by atoms with Crippen LogP contribution in [0.5, 0.6) is 0 Å². The van der Waals surface area contributed by atoms with Crippen LogP contribution in [0.1, 0.15) is 35.5 Å². The Balaban J connectivity index is 0.00000124. The van der Waals surface area contributed by atoms with Crippen molar-refractivity contribution in [1.29, 1.82) is 0 Å². The van der Waals surface area contributed by atoms with Crippen molar-refractivity contribution < 1.29 is 18.1 Å². The lowest BCUT2D eigenvalue weighted by Crippen LogP contribution is -2.16. The molecule has 0 fully saturated rings. The van der Waals surface area contributed by atoms with Gasteiger partial charge >= 0.3 is 0 Å². The van der Waals surface area contributed by atoms with Gasteiger partial charge in [0.25, 0.3) is 5.91 Å². The zero-order valence-electron chi connectivity index (χ0n) is 17.0. The Morgan fingerprint density at radius 2 is 1.73 bits per heavy atom. The maximum atomic E-state index is 13.7. The maximum Gasteiger partial charge on any atom is 0.262 e. The third kappa shape index (κ3) is 4.03. The van der Waals surface area contributed by atoms with E-state index in [0.717, 1.165) is 40.2 Å². The normalized spacial score (nSPS) is 10.5. The summed E-state index contributed by atoms with van der Waals surface area (Å²) in [5.41, 5.74) is 3.49. The van der Waals surface area contributed by atoms with Crippen LogP contribution < -0.4 is 5.32 Å². The Hall–Kier alpha value is -3.68. The molecule has 0 aliphatic rings. The van der Waals surface area contributed by atoms with Gasteiger partial charge in [0.05, 0.1) is 18.1 Å². The summed E-state index contributed by atoms with van der Waals surface area (Å²) in [6.07, 6.45) is 3.11. The molecule has 0 saturated heterocycles. The number of nitrogens with zero attached hydrogens (tertiary/aromatic N) is 3. The quantitative estimate of drug-likeness (QED) is 0.485. The molecule has 8 heteroatoms. The van der Waals surface area contributed by atoms with E-state index < -0.39 is 23.1 Å². The van der Waals surface area contributed by atoms with E-state index in [-0.39, 0.29) is 5.82 Å². The van der Waals surface area contributed by atoms with Gasteiger partial charge in [0.1, 0.15) is 11.4 Å². The van der Waals surface area contributed by atoms with Crippen LogP contribution in [0.3, 0.4) is 0 Å². The molecule has 0 unspecified atom stereocenters. The highest BCUT2D eigenvalue weighted by atomic mass is 19.1. The predicted octanol–water partition coefficient (Wildman–Crippen LogP) is 5.46. The fraction of sp³-hybridized carbons (Fsp3) is 0.182. The zero-order valence-corrected chi connectivity index (χ0v) is 17.0. The predicted molar refractivity (Wildman–Crippen MR) is 110 cm³/mol. The van der Waals surface area contributed by atoms with Gasteiger partial charge in [-0.3, -0.25) is 9.78 Å².